The number of carbonyl (C=O) groups excluding carboxylic acids is 3. The monoisotopic (exact) mass is 1650 g/mol. The van der Waals surface area contributed by atoms with Gasteiger partial charge in [-0.05, 0) is 299 Å². The summed E-state index contributed by atoms with van der Waals surface area (Å²) in [5.74, 6) is 8.63. The molecule has 22 heteroatoms. The highest BCUT2D eigenvalue weighted by atomic mass is 79.9. The van der Waals surface area contributed by atoms with Crippen LogP contribution in [-0.2, 0) is 54.9 Å². The number of aryl methyl sites for hydroxylation is 1. The molecule has 0 fully saturated rings. The minimum Gasteiger partial charge on any atom is -0.460 e. The van der Waals surface area contributed by atoms with Crippen LogP contribution < -0.4 is 5.73 Å². The highest BCUT2D eigenvalue weighted by molar-refractivity contribution is 9.11. The Morgan fingerprint density at radius 2 is 0.810 bits per heavy atom. The zero-order chi connectivity index (χ0) is 79.1. The van der Waals surface area contributed by atoms with Crippen LogP contribution in [0, 0.1) is 87.2 Å². The number of nitrogens with zero attached hydrogens (tertiary/aromatic N) is 5. The summed E-state index contributed by atoms with van der Waals surface area (Å²) in [4.78, 5) is 52.1. The van der Waals surface area contributed by atoms with Crippen LogP contribution in [0.5, 0.6) is 0 Å². The van der Waals surface area contributed by atoms with Gasteiger partial charge in [0, 0.05) is 79.3 Å². The van der Waals surface area contributed by atoms with Gasteiger partial charge in [-0.1, -0.05) is 29.5 Å². The third-order valence-corrected chi connectivity index (χ3v) is 16.4. The van der Waals surface area contributed by atoms with Crippen molar-refractivity contribution >= 4 is 94.0 Å². The fraction of sp³-hybridized carbons (Fsp3) is 0.410. The molecule has 3 atom stereocenters. The van der Waals surface area contributed by atoms with Crippen LogP contribution in [0.2, 0.25) is 5.02 Å². The van der Waals surface area contributed by atoms with E-state index in [4.69, 9.17) is 43.0 Å². The largest absolute Gasteiger partial charge is 0.460 e. The van der Waals surface area contributed by atoms with Crippen LogP contribution in [0.25, 0.3) is 22.0 Å². The number of halogens is 10. The van der Waals surface area contributed by atoms with E-state index in [2.05, 4.69) is 92.5 Å². The molecular formula is C83H92Br3ClF6N6O6. The summed E-state index contributed by atoms with van der Waals surface area (Å²) in [5.41, 5.74) is 9.99. The topological polar surface area (TPSA) is 161 Å². The van der Waals surface area contributed by atoms with Gasteiger partial charge < -0.3 is 19.9 Å². The normalized spacial score (nSPS) is 12.5. The summed E-state index contributed by atoms with van der Waals surface area (Å²) in [5, 5.41) is 5.41. The Kier molecular flexibility index (Phi) is 30.9. The summed E-state index contributed by atoms with van der Waals surface area (Å²) >= 11 is 16.8. The Morgan fingerprint density at radius 3 is 1.16 bits per heavy atom. The van der Waals surface area contributed by atoms with Gasteiger partial charge in [0.2, 0.25) is 0 Å². The van der Waals surface area contributed by atoms with E-state index in [1.807, 2.05) is 86.6 Å². The van der Waals surface area contributed by atoms with Crippen molar-refractivity contribution in [3.63, 3.8) is 0 Å². The predicted molar refractivity (Wildman–Crippen MR) is 416 cm³/mol. The minimum atomic E-state index is -0.725. The Bertz CT molecular complexity index is 4550. The van der Waals surface area contributed by atoms with E-state index in [0.29, 0.717) is 80.2 Å². The maximum absolute atomic E-state index is 14.2. The first-order chi connectivity index (χ1) is 48.3. The summed E-state index contributed by atoms with van der Waals surface area (Å²) in [6, 6.07) is 24.5. The van der Waals surface area contributed by atoms with Gasteiger partial charge in [-0.3, -0.25) is 19.1 Å². The van der Waals surface area contributed by atoms with Crippen molar-refractivity contribution in [1.82, 2.24) is 24.7 Å². The number of hydrogen-bond acceptors (Lipinski definition) is 11. The Hall–Kier alpha value is -8.00. The smallest absolute Gasteiger partial charge is 0.306 e. The molecule has 2 N–H and O–H groups in total. The second-order valence-corrected chi connectivity index (χ2v) is 34.3. The highest BCUT2D eigenvalue weighted by Gasteiger charge is 2.31. The number of anilines is 1. The number of terminal acetylenes is 1. The van der Waals surface area contributed by atoms with Crippen LogP contribution in [0.15, 0.2) is 117 Å². The fourth-order valence-electron chi connectivity index (χ4n) is 10.3. The maximum Gasteiger partial charge on any atom is 0.306 e. The number of nitrogen functional groups attached to an aromatic ring is 1. The second kappa shape index (κ2) is 37.0. The lowest BCUT2D eigenvalue weighted by Gasteiger charge is -2.24. The van der Waals surface area contributed by atoms with Gasteiger partial charge in [-0.15, -0.1) is 12.3 Å². The van der Waals surface area contributed by atoms with Gasteiger partial charge in [0.25, 0.3) is 0 Å². The molecule has 12 nitrogen and oxygen atoms in total. The summed E-state index contributed by atoms with van der Waals surface area (Å²) in [6.07, 6.45) is 5.60. The molecule has 0 unspecified atom stereocenters. The summed E-state index contributed by atoms with van der Waals surface area (Å²) in [6.45, 7) is 34.1. The van der Waals surface area contributed by atoms with E-state index in [0.717, 1.165) is 23.8 Å². The molecule has 0 radical (unpaired) electrons. The van der Waals surface area contributed by atoms with Gasteiger partial charge >= 0.3 is 17.9 Å². The van der Waals surface area contributed by atoms with E-state index in [-0.39, 0.29) is 60.6 Å². The number of nitrogens with two attached hydrogens (primary N) is 1. The Morgan fingerprint density at radius 1 is 0.486 bits per heavy atom. The molecule has 105 heavy (non-hydrogen) atoms. The number of pyridine rings is 3. The predicted octanol–water partition coefficient (Wildman–Crippen LogP) is 21.8. The lowest BCUT2D eigenvalue weighted by atomic mass is 9.87. The molecule has 0 saturated heterocycles. The second-order valence-electron chi connectivity index (χ2n) is 31.3. The molecule has 0 saturated carbocycles. The van der Waals surface area contributed by atoms with Crippen LogP contribution in [0.1, 0.15) is 207 Å². The van der Waals surface area contributed by atoms with Crippen molar-refractivity contribution < 1.29 is 54.9 Å². The minimum absolute atomic E-state index is 0.0111. The van der Waals surface area contributed by atoms with Gasteiger partial charge in [-0.25, -0.2) is 41.3 Å². The van der Waals surface area contributed by atoms with Crippen molar-refractivity contribution in [1.29, 1.82) is 0 Å². The number of aromatic nitrogens is 5. The number of hydrogen-bond donors (Lipinski definition) is 1. The number of carbonyl (C=O) groups is 3. The van der Waals surface area contributed by atoms with Gasteiger partial charge in [-0.2, -0.15) is 5.10 Å². The SMILES string of the molecule is C#CC(C)(C)C.CC(C)(C)C#Cc1ccc(Br)c([C@@H](CC(=O)OC(C)(C)C)Cc2cc(F)cc(F)c2)n1.CC(C)(C)OC(=O)C[C@@H](Cc1cc(F)cc(F)c1)c1nc(Br)ccc1Br.Cn1nc(N)c2c(Cl)ccc(-c3ccc(C#CC(C)(C)C)nc3[C@@H](CC(=O)OC(C)(C)C)Cc3cc(F)cc(F)c3)c21. The molecule has 4 aromatic heterocycles. The molecule has 8 rings (SSSR count). The van der Waals surface area contributed by atoms with Gasteiger partial charge in [0.1, 0.15) is 67.7 Å². The molecular weight excluding hydrogens is 1570 g/mol. The molecule has 8 aromatic rings. The molecule has 0 aliphatic heterocycles. The average molecular weight is 1660 g/mol. The standard InChI is InChI=1S/C33H35ClF2N4O2.C25H28BrF2NO2.C19H19Br2F2NO2.C6H10/c1-32(2,3)13-12-23-8-9-24(25-10-11-26(34)28-30(25)40(7)39-31(28)37)29(38-23)20(17-27(41)42-33(4,5)6)14-19-15-21(35)18-22(36)16-19;1-24(2,3)10-9-20-7-8-21(26)23(29-20)17(14-22(30)31-25(4,5)6)11-16-12-18(27)15-19(28)13-16;1-19(2,3)26-17(25)9-12(18-15(20)4-5-16(21)24-18)6-11-7-13(22)10-14(23)8-11;1-5-6(2,3)4/h8-11,15-16,18,20H,14,17H2,1-7H3,(H2,37,39);7-8,12-13,15,17H,11,14H2,1-6H3;4-5,7-8,10,12H,6,9H2,1-3H3;1H,2-4H3/t20-;17-;12-;/m111./s1. The molecule has 560 valence electrons. The third-order valence-electron chi connectivity index (χ3n) is 14.3. The van der Waals surface area contributed by atoms with Crippen molar-refractivity contribution in [2.24, 2.45) is 23.3 Å². The highest BCUT2D eigenvalue weighted by Crippen LogP contribution is 2.41. The zero-order valence-electron chi connectivity index (χ0n) is 62.9. The van der Waals surface area contributed by atoms with E-state index >= 15 is 0 Å². The average Bonchev–Trinajstić information content (AvgIpc) is 1.69. The van der Waals surface area contributed by atoms with Gasteiger partial charge in [0.15, 0.2) is 5.82 Å². The lowest BCUT2D eigenvalue weighted by Crippen LogP contribution is -2.25. The molecule has 0 aliphatic carbocycles. The lowest BCUT2D eigenvalue weighted by molar-refractivity contribution is -0.156. The van der Waals surface area contributed by atoms with E-state index < -0.39 is 87.4 Å². The number of rotatable bonds is 16. The fourth-order valence-corrected chi connectivity index (χ4v) is 12.0. The first-order valence-electron chi connectivity index (χ1n) is 33.8. The Balaban J connectivity index is 0.000000280. The summed E-state index contributed by atoms with van der Waals surface area (Å²) in [7, 11) is 1.77. The van der Waals surface area contributed by atoms with Crippen molar-refractivity contribution in [2.75, 3.05) is 5.73 Å². The van der Waals surface area contributed by atoms with Crippen molar-refractivity contribution in [3.8, 4) is 47.2 Å². The number of esters is 3. The van der Waals surface area contributed by atoms with Crippen LogP contribution in [0.4, 0.5) is 32.2 Å². The van der Waals surface area contributed by atoms with E-state index in [1.165, 1.54) is 36.4 Å². The first-order valence-corrected chi connectivity index (χ1v) is 36.5. The quantitative estimate of drug-likeness (QED) is 0.0322. The molecule has 4 aromatic carbocycles. The molecule has 0 amide bonds. The van der Waals surface area contributed by atoms with Crippen molar-refractivity contribution in [2.45, 2.75) is 198 Å². The Labute approximate surface area is 644 Å². The molecule has 0 spiro atoms. The van der Waals surface area contributed by atoms with Crippen LogP contribution >= 0.6 is 59.4 Å². The van der Waals surface area contributed by atoms with Crippen molar-refractivity contribution in [3.05, 3.63) is 202 Å². The number of benzene rings is 4. The van der Waals surface area contributed by atoms with Crippen LogP contribution in [0.3, 0.4) is 0 Å². The molecule has 4 heterocycles. The maximum atomic E-state index is 14.2. The molecule has 0 aliphatic rings. The number of fused-ring (bicyclic) bond motifs is 1. The summed E-state index contributed by atoms with van der Waals surface area (Å²) < 4.78 is 103. The molecule has 0 bridgehead atoms. The third kappa shape index (κ3) is 30.8. The van der Waals surface area contributed by atoms with E-state index in [9.17, 15) is 40.7 Å². The van der Waals surface area contributed by atoms with E-state index in [1.54, 1.807) is 98.3 Å². The first kappa shape index (κ1) is 87.6. The zero-order valence-corrected chi connectivity index (χ0v) is 68.4. The number of ether oxygens (including phenoxy) is 3. The van der Waals surface area contributed by atoms with Crippen LogP contribution in [-0.4, -0.2) is 59.4 Å². The van der Waals surface area contributed by atoms with Gasteiger partial charge in [0.05, 0.1) is 52.3 Å².